The van der Waals surface area contributed by atoms with E-state index in [1.54, 1.807) is 0 Å². The number of nitrogens with one attached hydrogen (secondary N) is 1. The summed E-state index contributed by atoms with van der Waals surface area (Å²) in [5, 5.41) is 0. The fraction of sp³-hybridized carbons (Fsp3) is 1.00. The third-order valence-electron chi connectivity index (χ3n) is 2.35. The van der Waals surface area contributed by atoms with E-state index in [1.807, 2.05) is 0 Å². The van der Waals surface area contributed by atoms with Gasteiger partial charge in [0.1, 0.15) is 0 Å². The molecule has 0 aromatic rings. The second-order valence-corrected chi connectivity index (χ2v) is 4.34. The topological polar surface area (TPSA) is 38.0 Å². The van der Waals surface area contributed by atoms with Gasteiger partial charge in [-0.3, -0.25) is 11.3 Å². The molecule has 0 heterocycles. The van der Waals surface area contributed by atoms with Crippen molar-refractivity contribution in [3.63, 3.8) is 0 Å². The Morgan fingerprint density at radius 3 is 2.13 bits per heavy atom. The molecule has 0 saturated heterocycles. The van der Waals surface area contributed by atoms with Gasteiger partial charge in [0, 0.05) is 12.5 Å². The van der Waals surface area contributed by atoms with E-state index >= 15 is 0 Å². The first-order chi connectivity index (χ1) is 6.85. The molecule has 15 heavy (non-hydrogen) atoms. The molecule has 92 valence electrons. The Bertz CT molecular complexity index is 157. The zero-order valence-corrected chi connectivity index (χ0v) is 9.40. The van der Waals surface area contributed by atoms with Gasteiger partial charge in [-0.2, -0.15) is 13.2 Å². The maximum atomic E-state index is 11.9. The molecule has 0 aromatic carbocycles. The lowest BCUT2D eigenvalue weighted by Gasteiger charge is -2.17. The van der Waals surface area contributed by atoms with Gasteiger partial charge < -0.3 is 0 Å². The number of nitrogens with two attached hydrogens (primary N) is 1. The van der Waals surface area contributed by atoms with Gasteiger partial charge in [-0.05, 0) is 18.8 Å². The first kappa shape index (κ1) is 14.7. The summed E-state index contributed by atoms with van der Waals surface area (Å²) >= 11 is 0. The summed E-state index contributed by atoms with van der Waals surface area (Å²) in [6.07, 6.45) is -2.10. The molecule has 0 amide bonds. The summed E-state index contributed by atoms with van der Waals surface area (Å²) in [6.45, 7) is 4.20. The average Bonchev–Trinajstić information content (AvgIpc) is 2.08. The molecular weight excluding hydrogens is 205 g/mol. The van der Waals surface area contributed by atoms with Crippen LogP contribution in [0.1, 0.15) is 46.0 Å². The number of alkyl halides is 3. The number of hydrogen-bond acceptors (Lipinski definition) is 2. The van der Waals surface area contributed by atoms with Gasteiger partial charge in [-0.1, -0.05) is 26.7 Å². The molecule has 3 N–H and O–H groups in total. The predicted octanol–water partition coefficient (Wildman–Crippen LogP) is 2.99. The largest absolute Gasteiger partial charge is 0.389 e. The summed E-state index contributed by atoms with van der Waals surface area (Å²) < 4.78 is 35.8. The third kappa shape index (κ3) is 10.0. The van der Waals surface area contributed by atoms with Crippen LogP contribution in [-0.2, 0) is 0 Å². The van der Waals surface area contributed by atoms with Crippen molar-refractivity contribution in [1.29, 1.82) is 0 Å². The maximum Gasteiger partial charge on any atom is 0.389 e. The van der Waals surface area contributed by atoms with Gasteiger partial charge in [-0.25, -0.2) is 0 Å². The molecule has 0 fully saturated rings. The number of hydrazine groups is 1. The molecule has 0 aliphatic carbocycles. The zero-order chi connectivity index (χ0) is 11.9. The minimum absolute atomic E-state index is 0.0676. The highest BCUT2D eigenvalue weighted by Gasteiger charge is 2.27. The van der Waals surface area contributed by atoms with Crippen molar-refractivity contribution in [2.45, 2.75) is 58.2 Å². The third-order valence-corrected chi connectivity index (χ3v) is 2.35. The second-order valence-electron chi connectivity index (χ2n) is 4.34. The molecule has 0 spiro atoms. The Morgan fingerprint density at radius 2 is 1.73 bits per heavy atom. The molecule has 0 radical (unpaired) electrons. The van der Waals surface area contributed by atoms with Crippen molar-refractivity contribution in [1.82, 2.24) is 5.43 Å². The van der Waals surface area contributed by atoms with Crippen molar-refractivity contribution in [3.8, 4) is 0 Å². The number of rotatable bonds is 7. The van der Waals surface area contributed by atoms with E-state index in [1.165, 1.54) is 0 Å². The Morgan fingerprint density at radius 1 is 1.13 bits per heavy atom. The van der Waals surface area contributed by atoms with E-state index in [4.69, 9.17) is 5.84 Å². The van der Waals surface area contributed by atoms with Crippen molar-refractivity contribution in [3.05, 3.63) is 0 Å². The lowest BCUT2D eigenvalue weighted by Crippen LogP contribution is -2.36. The molecule has 0 aliphatic rings. The van der Waals surface area contributed by atoms with Crippen LogP contribution in [0, 0.1) is 5.92 Å². The van der Waals surface area contributed by atoms with Gasteiger partial charge in [-0.15, -0.1) is 0 Å². The van der Waals surface area contributed by atoms with E-state index in [-0.39, 0.29) is 12.5 Å². The number of hydrogen-bond donors (Lipinski definition) is 2. The first-order valence-electron chi connectivity index (χ1n) is 5.38. The summed E-state index contributed by atoms with van der Waals surface area (Å²) in [7, 11) is 0. The highest BCUT2D eigenvalue weighted by molar-refractivity contribution is 4.66. The minimum Gasteiger partial charge on any atom is -0.271 e. The van der Waals surface area contributed by atoms with Gasteiger partial charge in [0.15, 0.2) is 0 Å². The Balaban J connectivity index is 3.64. The fourth-order valence-electron chi connectivity index (χ4n) is 1.42. The normalized spacial score (nSPS) is 14.6. The van der Waals surface area contributed by atoms with E-state index in [9.17, 15) is 13.2 Å². The quantitative estimate of drug-likeness (QED) is 0.517. The van der Waals surface area contributed by atoms with Crippen LogP contribution in [-0.4, -0.2) is 12.2 Å². The van der Waals surface area contributed by atoms with Crippen LogP contribution in [0.4, 0.5) is 13.2 Å². The zero-order valence-electron chi connectivity index (χ0n) is 9.40. The highest BCUT2D eigenvalue weighted by Crippen LogP contribution is 2.23. The molecule has 2 nitrogen and oxygen atoms in total. The summed E-state index contributed by atoms with van der Waals surface area (Å²) in [6, 6.07) is -0.217. The van der Waals surface area contributed by atoms with Crippen LogP contribution < -0.4 is 11.3 Å². The van der Waals surface area contributed by atoms with E-state index in [0.29, 0.717) is 12.3 Å². The van der Waals surface area contributed by atoms with E-state index in [0.717, 1.165) is 12.8 Å². The predicted molar refractivity (Wildman–Crippen MR) is 55.1 cm³/mol. The molecule has 0 rings (SSSR count). The molecule has 0 saturated carbocycles. The Kier molecular flexibility index (Phi) is 6.92. The van der Waals surface area contributed by atoms with Crippen molar-refractivity contribution < 1.29 is 13.2 Å². The molecule has 1 atom stereocenters. The van der Waals surface area contributed by atoms with Crippen molar-refractivity contribution in [2.75, 3.05) is 0 Å². The molecule has 5 heteroatoms. The molecule has 1 unspecified atom stereocenters. The van der Waals surface area contributed by atoms with Gasteiger partial charge in [0.05, 0.1) is 0 Å². The van der Waals surface area contributed by atoms with Crippen molar-refractivity contribution in [2.24, 2.45) is 11.8 Å². The monoisotopic (exact) mass is 226 g/mol. The van der Waals surface area contributed by atoms with Gasteiger partial charge in [0.2, 0.25) is 0 Å². The average molecular weight is 226 g/mol. The standard InChI is InChI=1S/C10H21F3N2/c1-8(2)4-3-5-9(15-14)6-7-10(11,12)13/h8-9,15H,3-7,14H2,1-2H3. The minimum atomic E-state index is -4.08. The van der Waals surface area contributed by atoms with Crippen LogP contribution in [0.25, 0.3) is 0 Å². The summed E-state index contributed by atoms with van der Waals surface area (Å²) in [5.41, 5.74) is 2.45. The maximum absolute atomic E-state index is 11.9. The second kappa shape index (κ2) is 7.06. The Hall–Kier alpha value is -0.290. The SMILES string of the molecule is CC(C)CCCC(CCC(F)(F)F)NN. The molecule has 0 bridgehead atoms. The molecule has 0 aromatic heterocycles. The van der Waals surface area contributed by atoms with Crippen LogP contribution in [0.5, 0.6) is 0 Å². The van der Waals surface area contributed by atoms with Crippen molar-refractivity contribution >= 4 is 0 Å². The first-order valence-corrected chi connectivity index (χ1v) is 5.38. The van der Waals surface area contributed by atoms with Gasteiger partial charge >= 0.3 is 6.18 Å². The lowest BCUT2D eigenvalue weighted by atomic mass is 10.0. The molecular formula is C10H21F3N2. The highest BCUT2D eigenvalue weighted by atomic mass is 19.4. The Labute approximate surface area is 89.4 Å². The van der Waals surface area contributed by atoms with E-state index in [2.05, 4.69) is 19.3 Å². The van der Waals surface area contributed by atoms with Crippen LogP contribution in [0.15, 0.2) is 0 Å². The fourth-order valence-corrected chi connectivity index (χ4v) is 1.42. The smallest absolute Gasteiger partial charge is 0.271 e. The lowest BCUT2D eigenvalue weighted by molar-refractivity contribution is -0.136. The number of halogens is 3. The molecule has 0 aliphatic heterocycles. The van der Waals surface area contributed by atoms with E-state index < -0.39 is 12.6 Å². The summed E-state index contributed by atoms with van der Waals surface area (Å²) in [5.74, 6) is 5.79. The van der Waals surface area contributed by atoms with Crippen LogP contribution in [0.3, 0.4) is 0 Å². The van der Waals surface area contributed by atoms with Gasteiger partial charge in [0.25, 0.3) is 0 Å². The van der Waals surface area contributed by atoms with Crippen LogP contribution in [0.2, 0.25) is 0 Å². The van der Waals surface area contributed by atoms with Crippen LogP contribution >= 0.6 is 0 Å². The summed E-state index contributed by atoms with van der Waals surface area (Å²) in [4.78, 5) is 0.